The Bertz CT molecular complexity index is 701. The van der Waals surface area contributed by atoms with Gasteiger partial charge in [0.15, 0.2) is 0 Å². The summed E-state index contributed by atoms with van der Waals surface area (Å²) >= 11 is 0. The summed E-state index contributed by atoms with van der Waals surface area (Å²) in [7, 11) is 0. The molecule has 1 fully saturated rings. The van der Waals surface area contributed by atoms with E-state index in [1.54, 1.807) is 12.1 Å². The Morgan fingerprint density at radius 3 is 2.63 bits per heavy atom. The van der Waals surface area contributed by atoms with Gasteiger partial charge < -0.3 is 10.0 Å². The standard InChI is InChI=1S/C23H31NO3/c1-17(2)7-8-18(3)5-4-6-21-13-14-22(25)24(21)16-15-19-9-11-20(12-10-19)23(26)27/h4-6,9-12,17,21H,7-8,13-16H2,1-3H3,(H,26,27)/b6-4-,18-5+/t21-/m0/s1. The molecule has 1 N–H and O–H groups in total. The second kappa shape index (κ2) is 10.1. The molecule has 1 aromatic carbocycles. The fraction of sp³-hybridized carbons (Fsp3) is 0.478. The largest absolute Gasteiger partial charge is 0.478 e. The summed E-state index contributed by atoms with van der Waals surface area (Å²) in [4.78, 5) is 25.1. The van der Waals surface area contributed by atoms with Crippen LogP contribution in [-0.2, 0) is 11.2 Å². The molecule has 0 saturated carbocycles. The van der Waals surface area contributed by atoms with Crippen molar-refractivity contribution >= 4 is 11.9 Å². The van der Waals surface area contributed by atoms with Crippen LogP contribution in [0.2, 0.25) is 0 Å². The van der Waals surface area contributed by atoms with Crippen LogP contribution in [0.25, 0.3) is 0 Å². The highest BCUT2D eigenvalue weighted by molar-refractivity contribution is 5.87. The van der Waals surface area contributed by atoms with Crippen molar-refractivity contribution in [1.82, 2.24) is 4.90 Å². The molecular formula is C23H31NO3. The fourth-order valence-electron chi connectivity index (χ4n) is 3.26. The van der Waals surface area contributed by atoms with Gasteiger partial charge in [-0.05, 0) is 56.2 Å². The van der Waals surface area contributed by atoms with Crippen molar-refractivity contribution in [3.63, 3.8) is 0 Å². The van der Waals surface area contributed by atoms with Crippen LogP contribution in [0.15, 0.2) is 48.1 Å². The van der Waals surface area contributed by atoms with Gasteiger partial charge in [0.05, 0.1) is 11.6 Å². The van der Waals surface area contributed by atoms with Crippen molar-refractivity contribution in [2.75, 3.05) is 6.54 Å². The predicted octanol–water partition coefficient (Wildman–Crippen LogP) is 4.86. The molecule has 1 aliphatic heterocycles. The molecule has 0 bridgehead atoms. The summed E-state index contributed by atoms with van der Waals surface area (Å²) in [6, 6.07) is 7.05. The maximum absolute atomic E-state index is 12.2. The van der Waals surface area contributed by atoms with Crippen molar-refractivity contribution in [1.29, 1.82) is 0 Å². The van der Waals surface area contributed by atoms with E-state index in [-0.39, 0.29) is 17.5 Å². The van der Waals surface area contributed by atoms with Crippen molar-refractivity contribution in [2.24, 2.45) is 5.92 Å². The fourth-order valence-corrected chi connectivity index (χ4v) is 3.26. The second-order valence-electron chi connectivity index (χ2n) is 7.78. The monoisotopic (exact) mass is 369 g/mol. The Morgan fingerprint density at radius 2 is 2.00 bits per heavy atom. The molecule has 0 aromatic heterocycles. The van der Waals surface area contributed by atoms with E-state index in [4.69, 9.17) is 5.11 Å². The van der Waals surface area contributed by atoms with Crippen LogP contribution in [0.4, 0.5) is 0 Å². The Kier molecular flexibility index (Phi) is 7.83. The number of allylic oxidation sites excluding steroid dienone is 3. The zero-order valence-electron chi connectivity index (χ0n) is 16.6. The molecule has 1 heterocycles. The lowest BCUT2D eigenvalue weighted by atomic mass is 10.0. The van der Waals surface area contributed by atoms with E-state index < -0.39 is 5.97 Å². The number of benzene rings is 1. The summed E-state index contributed by atoms with van der Waals surface area (Å²) in [6.07, 6.45) is 10.9. The van der Waals surface area contributed by atoms with Crippen LogP contribution >= 0.6 is 0 Å². The normalized spacial score (nSPS) is 18.1. The van der Waals surface area contributed by atoms with Crippen LogP contribution in [0, 0.1) is 5.92 Å². The van der Waals surface area contributed by atoms with Gasteiger partial charge in [-0.2, -0.15) is 0 Å². The molecule has 0 spiro atoms. The van der Waals surface area contributed by atoms with Gasteiger partial charge in [0, 0.05) is 13.0 Å². The number of carbonyl (C=O) groups excluding carboxylic acids is 1. The third-order valence-electron chi connectivity index (χ3n) is 5.05. The summed E-state index contributed by atoms with van der Waals surface area (Å²) in [5.41, 5.74) is 2.71. The lowest BCUT2D eigenvalue weighted by molar-refractivity contribution is -0.128. The zero-order valence-corrected chi connectivity index (χ0v) is 16.6. The Labute approximate surface area is 162 Å². The van der Waals surface area contributed by atoms with Gasteiger partial charge in [-0.15, -0.1) is 0 Å². The molecule has 2 rings (SSSR count). The van der Waals surface area contributed by atoms with Gasteiger partial charge in [0.1, 0.15) is 0 Å². The number of likely N-dealkylation sites (tertiary alicyclic amines) is 1. The van der Waals surface area contributed by atoms with Gasteiger partial charge in [-0.1, -0.05) is 49.8 Å². The van der Waals surface area contributed by atoms with E-state index in [1.165, 1.54) is 12.0 Å². The Hall–Kier alpha value is -2.36. The Morgan fingerprint density at radius 1 is 1.30 bits per heavy atom. The lowest BCUT2D eigenvalue weighted by Gasteiger charge is -2.22. The summed E-state index contributed by atoms with van der Waals surface area (Å²) in [6.45, 7) is 7.29. The topological polar surface area (TPSA) is 57.6 Å². The van der Waals surface area contributed by atoms with Gasteiger partial charge in [-0.25, -0.2) is 4.79 Å². The van der Waals surface area contributed by atoms with Gasteiger partial charge in [0.2, 0.25) is 5.91 Å². The highest BCUT2D eigenvalue weighted by atomic mass is 16.4. The highest BCUT2D eigenvalue weighted by Crippen LogP contribution is 2.21. The predicted molar refractivity (Wildman–Crippen MR) is 109 cm³/mol. The third kappa shape index (κ3) is 6.70. The van der Waals surface area contributed by atoms with Gasteiger partial charge in [-0.3, -0.25) is 4.79 Å². The molecule has 146 valence electrons. The molecule has 1 amide bonds. The van der Waals surface area contributed by atoms with E-state index >= 15 is 0 Å². The first kappa shape index (κ1) is 20.9. The van der Waals surface area contributed by atoms with Crippen LogP contribution in [-0.4, -0.2) is 34.5 Å². The van der Waals surface area contributed by atoms with Crippen LogP contribution in [0.1, 0.15) is 62.4 Å². The quantitative estimate of drug-likeness (QED) is 0.633. The molecule has 1 saturated heterocycles. The molecular weight excluding hydrogens is 338 g/mol. The third-order valence-corrected chi connectivity index (χ3v) is 5.05. The average molecular weight is 370 g/mol. The zero-order chi connectivity index (χ0) is 19.8. The summed E-state index contributed by atoms with van der Waals surface area (Å²) < 4.78 is 0. The van der Waals surface area contributed by atoms with Crippen LogP contribution in [0.5, 0.6) is 0 Å². The van der Waals surface area contributed by atoms with Crippen LogP contribution in [0.3, 0.4) is 0 Å². The molecule has 1 aliphatic rings. The first-order valence-electron chi connectivity index (χ1n) is 9.82. The maximum atomic E-state index is 12.2. The van der Waals surface area contributed by atoms with Crippen molar-refractivity contribution in [3.8, 4) is 0 Å². The smallest absolute Gasteiger partial charge is 0.335 e. The lowest BCUT2D eigenvalue weighted by Crippen LogP contribution is -2.33. The van der Waals surface area contributed by atoms with Crippen molar-refractivity contribution in [2.45, 2.75) is 58.9 Å². The Balaban J connectivity index is 1.90. The number of hydrogen-bond acceptors (Lipinski definition) is 2. The second-order valence-corrected chi connectivity index (χ2v) is 7.78. The number of rotatable bonds is 9. The minimum Gasteiger partial charge on any atom is -0.478 e. The van der Waals surface area contributed by atoms with E-state index in [9.17, 15) is 9.59 Å². The molecule has 0 aliphatic carbocycles. The first-order chi connectivity index (χ1) is 12.9. The number of amides is 1. The van der Waals surface area contributed by atoms with Crippen molar-refractivity contribution < 1.29 is 14.7 Å². The molecule has 0 unspecified atom stereocenters. The molecule has 1 aromatic rings. The van der Waals surface area contributed by atoms with E-state index in [1.807, 2.05) is 17.0 Å². The van der Waals surface area contributed by atoms with Crippen molar-refractivity contribution in [3.05, 3.63) is 59.2 Å². The number of nitrogens with zero attached hydrogens (tertiary/aromatic N) is 1. The first-order valence-corrected chi connectivity index (χ1v) is 9.82. The minimum atomic E-state index is -0.918. The summed E-state index contributed by atoms with van der Waals surface area (Å²) in [5, 5.41) is 8.96. The number of carbonyl (C=O) groups is 2. The number of aromatic carboxylic acids is 1. The maximum Gasteiger partial charge on any atom is 0.335 e. The number of carboxylic acid groups (broad SMARTS) is 1. The molecule has 4 heteroatoms. The SMILES string of the molecule is C/C(=C\C=C/[C@H]1CCC(=O)N1CCc1ccc(C(=O)O)cc1)CCC(C)C. The molecule has 27 heavy (non-hydrogen) atoms. The average Bonchev–Trinajstić information content (AvgIpc) is 2.98. The van der Waals surface area contributed by atoms with E-state index in [0.717, 1.165) is 24.8 Å². The van der Waals surface area contributed by atoms with Crippen LogP contribution < -0.4 is 0 Å². The summed E-state index contributed by atoms with van der Waals surface area (Å²) in [5.74, 6) is -0.00429. The molecule has 1 atom stereocenters. The van der Waals surface area contributed by atoms with E-state index in [0.29, 0.717) is 18.9 Å². The molecule has 0 radical (unpaired) electrons. The number of carboxylic acids is 1. The molecule has 4 nitrogen and oxygen atoms in total. The minimum absolute atomic E-state index is 0.157. The highest BCUT2D eigenvalue weighted by Gasteiger charge is 2.28. The number of hydrogen-bond donors (Lipinski definition) is 1. The van der Waals surface area contributed by atoms with Gasteiger partial charge >= 0.3 is 5.97 Å². The van der Waals surface area contributed by atoms with Gasteiger partial charge in [0.25, 0.3) is 0 Å². The van der Waals surface area contributed by atoms with E-state index in [2.05, 4.69) is 39.0 Å².